The van der Waals surface area contributed by atoms with Crippen LogP contribution in [0.4, 0.5) is 0 Å². The molecule has 1 heterocycles. The summed E-state index contributed by atoms with van der Waals surface area (Å²) in [6.07, 6.45) is 2.26. The minimum Gasteiger partial charge on any atom is -0.480 e. The Morgan fingerprint density at radius 3 is 3.09 bits per heavy atom. The SMILES string of the molecule is O=C(O)COC[C@H]1CCCN1. The first-order valence-electron chi connectivity index (χ1n) is 3.82. The lowest BCUT2D eigenvalue weighted by Crippen LogP contribution is -2.27. The molecule has 2 N–H and O–H groups in total. The van der Waals surface area contributed by atoms with E-state index in [1.807, 2.05) is 0 Å². The van der Waals surface area contributed by atoms with Gasteiger partial charge in [0.15, 0.2) is 0 Å². The summed E-state index contributed by atoms with van der Waals surface area (Å²) >= 11 is 0. The van der Waals surface area contributed by atoms with Gasteiger partial charge in [-0.3, -0.25) is 0 Å². The maximum Gasteiger partial charge on any atom is 0.329 e. The second kappa shape index (κ2) is 4.31. The zero-order valence-electron chi connectivity index (χ0n) is 6.38. The van der Waals surface area contributed by atoms with Crippen molar-refractivity contribution in [1.29, 1.82) is 0 Å². The normalized spacial score (nSPS) is 23.8. The Kier molecular flexibility index (Phi) is 3.32. The molecule has 0 saturated carbocycles. The minimum absolute atomic E-state index is 0.182. The number of aliphatic carboxylic acids is 1. The number of carbonyl (C=O) groups is 1. The number of carboxylic acids is 1. The molecule has 0 aromatic carbocycles. The Balaban J connectivity index is 1.98. The van der Waals surface area contributed by atoms with Crippen molar-refractivity contribution in [3.05, 3.63) is 0 Å². The van der Waals surface area contributed by atoms with Gasteiger partial charge in [-0.1, -0.05) is 0 Å². The van der Waals surface area contributed by atoms with E-state index in [2.05, 4.69) is 5.32 Å². The number of ether oxygens (including phenoxy) is 1. The van der Waals surface area contributed by atoms with Gasteiger partial charge in [0.25, 0.3) is 0 Å². The Morgan fingerprint density at radius 2 is 2.55 bits per heavy atom. The van der Waals surface area contributed by atoms with Crippen LogP contribution in [0.5, 0.6) is 0 Å². The standard InChI is InChI=1S/C7H13NO3/c9-7(10)5-11-4-6-2-1-3-8-6/h6,8H,1-5H2,(H,9,10)/t6-/m1/s1. The zero-order chi connectivity index (χ0) is 8.10. The summed E-state index contributed by atoms with van der Waals surface area (Å²) in [5.41, 5.74) is 0. The Labute approximate surface area is 65.5 Å². The topological polar surface area (TPSA) is 58.6 Å². The summed E-state index contributed by atoms with van der Waals surface area (Å²) in [5, 5.41) is 11.5. The van der Waals surface area contributed by atoms with Crippen LogP contribution in [0.15, 0.2) is 0 Å². The number of hydrogen-bond acceptors (Lipinski definition) is 3. The van der Waals surface area contributed by atoms with Gasteiger partial charge in [-0.15, -0.1) is 0 Å². The highest BCUT2D eigenvalue weighted by atomic mass is 16.5. The molecular formula is C7H13NO3. The quantitative estimate of drug-likeness (QED) is 0.598. The van der Waals surface area contributed by atoms with E-state index in [0.29, 0.717) is 12.6 Å². The van der Waals surface area contributed by atoms with Gasteiger partial charge >= 0.3 is 5.97 Å². The van der Waals surface area contributed by atoms with Crippen molar-refractivity contribution in [2.45, 2.75) is 18.9 Å². The van der Waals surface area contributed by atoms with Gasteiger partial charge in [0.1, 0.15) is 6.61 Å². The molecule has 1 fully saturated rings. The monoisotopic (exact) mass is 159 g/mol. The number of carboxylic acid groups (broad SMARTS) is 1. The van der Waals surface area contributed by atoms with Crippen molar-refractivity contribution in [3.8, 4) is 0 Å². The van der Waals surface area contributed by atoms with Crippen LogP contribution in [-0.2, 0) is 9.53 Å². The number of rotatable bonds is 4. The molecule has 1 atom stereocenters. The number of hydrogen-bond donors (Lipinski definition) is 2. The van der Waals surface area contributed by atoms with Crippen molar-refractivity contribution in [2.75, 3.05) is 19.8 Å². The molecule has 0 spiro atoms. The summed E-state index contributed by atoms with van der Waals surface area (Å²) in [6, 6.07) is 0.370. The van der Waals surface area contributed by atoms with Crippen LogP contribution < -0.4 is 5.32 Å². The van der Waals surface area contributed by atoms with Crippen LogP contribution in [0.2, 0.25) is 0 Å². The lowest BCUT2D eigenvalue weighted by Gasteiger charge is -2.08. The third-order valence-corrected chi connectivity index (χ3v) is 1.71. The van der Waals surface area contributed by atoms with Crippen molar-refractivity contribution in [2.24, 2.45) is 0 Å². The van der Waals surface area contributed by atoms with Crippen molar-refractivity contribution in [1.82, 2.24) is 5.32 Å². The lowest BCUT2D eigenvalue weighted by atomic mass is 10.2. The average molecular weight is 159 g/mol. The molecule has 1 aliphatic rings. The van der Waals surface area contributed by atoms with Crippen molar-refractivity contribution in [3.63, 3.8) is 0 Å². The predicted octanol–water partition coefficient (Wildman–Crippen LogP) is -0.160. The fourth-order valence-corrected chi connectivity index (χ4v) is 1.19. The van der Waals surface area contributed by atoms with Gasteiger partial charge in [0, 0.05) is 6.04 Å². The second-order valence-corrected chi connectivity index (χ2v) is 2.70. The van der Waals surface area contributed by atoms with Crippen LogP contribution >= 0.6 is 0 Å². The van der Waals surface area contributed by atoms with E-state index in [0.717, 1.165) is 13.0 Å². The van der Waals surface area contributed by atoms with E-state index in [-0.39, 0.29) is 6.61 Å². The van der Waals surface area contributed by atoms with Crippen LogP contribution in [0, 0.1) is 0 Å². The Hall–Kier alpha value is -0.610. The van der Waals surface area contributed by atoms with Gasteiger partial charge in [-0.05, 0) is 19.4 Å². The minimum atomic E-state index is -0.900. The molecule has 1 rings (SSSR count). The molecule has 4 heteroatoms. The summed E-state index contributed by atoms with van der Waals surface area (Å²) in [5.74, 6) is -0.900. The van der Waals surface area contributed by atoms with Crippen LogP contribution in [0.1, 0.15) is 12.8 Å². The van der Waals surface area contributed by atoms with E-state index < -0.39 is 5.97 Å². The maximum absolute atomic E-state index is 10.0. The smallest absolute Gasteiger partial charge is 0.329 e. The average Bonchev–Trinajstić information content (AvgIpc) is 2.39. The van der Waals surface area contributed by atoms with Crippen LogP contribution in [0.25, 0.3) is 0 Å². The highest BCUT2D eigenvalue weighted by Crippen LogP contribution is 2.04. The van der Waals surface area contributed by atoms with Gasteiger partial charge in [-0.2, -0.15) is 0 Å². The fourth-order valence-electron chi connectivity index (χ4n) is 1.19. The van der Waals surface area contributed by atoms with Gasteiger partial charge < -0.3 is 15.2 Å². The fraction of sp³-hybridized carbons (Fsp3) is 0.857. The summed E-state index contributed by atoms with van der Waals surface area (Å²) in [4.78, 5) is 10.0. The third-order valence-electron chi connectivity index (χ3n) is 1.71. The third kappa shape index (κ3) is 3.34. The van der Waals surface area contributed by atoms with E-state index >= 15 is 0 Å². The molecule has 0 radical (unpaired) electrons. The molecule has 0 amide bonds. The Bertz CT molecular complexity index is 132. The number of nitrogens with one attached hydrogen (secondary N) is 1. The molecule has 1 saturated heterocycles. The molecule has 4 nitrogen and oxygen atoms in total. The summed E-state index contributed by atoms with van der Waals surface area (Å²) < 4.78 is 4.92. The maximum atomic E-state index is 10.0. The Morgan fingerprint density at radius 1 is 1.73 bits per heavy atom. The molecule has 64 valence electrons. The van der Waals surface area contributed by atoms with E-state index in [1.54, 1.807) is 0 Å². The largest absolute Gasteiger partial charge is 0.480 e. The lowest BCUT2D eigenvalue weighted by molar-refractivity contribution is -0.142. The molecule has 0 aromatic rings. The predicted molar refractivity (Wildman–Crippen MR) is 39.5 cm³/mol. The molecule has 0 aromatic heterocycles. The van der Waals surface area contributed by atoms with Crippen LogP contribution in [0.3, 0.4) is 0 Å². The van der Waals surface area contributed by atoms with Gasteiger partial charge in [-0.25, -0.2) is 4.79 Å². The van der Waals surface area contributed by atoms with E-state index in [1.165, 1.54) is 6.42 Å². The molecule has 0 aliphatic carbocycles. The second-order valence-electron chi connectivity index (χ2n) is 2.70. The first-order chi connectivity index (χ1) is 5.29. The molecule has 0 bridgehead atoms. The zero-order valence-corrected chi connectivity index (χ0v) is 6.38. The first-order valence-corrected chi connectivity index (χ1v) is 3.82. The molecule has 0 unspecified atom stereocenters. The highest BCUT2D eigenvalue weighted by molar-refractivity contribution is 5.67. The first kappa shape index (κ1) is 8.49. The van der Waals surface area contributed by atoms with Gasteiger partial charge in [0.05, 0.1) is 6.61 Å². The van der Waals surface area contributed by atoms with Crippen molar-refractivity contribution < 1.29 is 14.6 Å². The summed E-state index contributed by atoms with van der Waals surface area (Å²) in [7, 11) is 0. The van der Waals surface area contributed by atoms with Gasteiger partial charge in [0.2, 0.25) is 0 Å². The van der Waals surface area contributed by atoms with E-state index in [4.69, 9.17) is 9.84 Å². The highest BCUT2D eigenvalue weighted by Gasteiger charge is 2.13. The summed E-state index contributed by atoms with van der Waals surface area (Å²) in [6.45, 7) is 1.37. The molecular weight excluding hydrogens is 146 g/mol. The molecule has 1 aliphatic heterocycles. The van der Waals surface area contributed by atoms with E-state index in [9.17, 15) is 4.79 Å². The molecule has 11 heavy (non-hydrogen) atoms. The van der Waals surface area contributed by atoms with Crippen molar-refractivity contribution >= 4 is 5.97 Å². The van der Waals surface area contributed by atoms with Crippen LogP contribution in [-0.4, -0.2) is 36.9 Å².